The second-order valence-electron chi connectivity index (χ2n) is 4.84. The normalized spacial score (nSPS) is 15.5. The molecule has 3 rings (SSSR count). The van der Waals surface area contributed by atoms with Crippen molar-refractivity contribution < 1.29 is 14.3 Å². The average Bonchev–Trinajstić information content (AvgIpc) is 2.91. The molecular weight excluding hydrogens is 314 g/mol. The van der Waals surface area contributed by atoms with E-state index >= 15 is 0 Å². The fraction of sp³-hybridized carbons (Fsp3) is 0.111. The first-order valence-corrected chi connectivity index (χ1v) is 7.55. The van der Waals surface area contributed by atoms with Crippen molar-refractivity contribution in [1.29, 1.82) is 0 Å². The van der Waals surface area contributed by atoms with E-state index in [1.165, 1.54) is 0 Å². The fourth-order valence-electron chi connectivity index (χ4n) is 2.11. The molecule has 1 heterocycles. The third kappa shape index (κ3) is 3.60. The van der Waals surface area contributed by atoms with Crippen molar-refractivity contribution in [3.8, 4) is 5.75 Å². The minimum absolute atomic E-state index is 0.263. The van der Waals surface area contributed by atoms with Crippen LogP contribution in [0.1, 0.15) is 18.1 Å². The number of esters is 1. The number of carbonyl (C=O) groups is 1. The molecule has 0 aliphatic carbocycles. The molecule has 23 heavy (non-hydrogen) atoms. The number of ether oxygens (including phenoxy) is 2. The molecule has 0 aromatic heterocycles. The number of rotatable bonds is 4. The van der Waals surface area contributed by atoms with Gasteiger partial charge in [0, 0.05) is 10.6 Å². The molecule has 0 unspecified atom stereocenters. The lowest BCUT2D eigenvalue weighted by Gasteiger charge is -2.02. The molecule has 4 nitrogen and oxygen atoms in total. The number of carbonyl (C=O) groups excluding carboxylic acids is 1. The zero-order valence-electron chi connectivity index (χ0n) is 12.5. The smallest absolute Gasteiger partial charge is 0.363 e. The first kappa shape index (κ1) is 15.3. The number of aliphatic imine (C=N–C) groups is 1. The zero-order valence-corrected chi connectivity index (χ0v) is 13.2. The molecule has 0 fully saturated rings. The van der Waals surface area contributed by atoms with Crippen molar-refractivity contribution in [2.45, 2.75) is 6.92 Å². The Morgan fingerprint density at radius 2 is 1.83 bits per heavy atom. The molecule has 0 atom stereocenters. The molecule has 1 aliphatic rings. The molecular formula is C18H14ClNO3. The summed E-state index contributed by atoms with van der Waals surface area (Å²) < 4.78 is 10.6. The summed E-state index contributed by atoms with van der Waals surface area (Å²) in [6, 6.07) is 14.4. The Bertz CT molecular complexity index is 777. The van der Waals surface area contributed by atoms with Gasteiger partial charge in [-0.1, -0.05) is 23.7 Å². The first-order chi connectivity index (χ1) is 11.2. The van der Waals surface area contributed by atoms with Crippen molar-refractivity contribution in [2.75, 3.05) is 6.61 Å². The average molecular weight is 328 g/mol. The lowest BCUT2D eigenvalue weighted by Crippen LogP contribution is -2.05. The van der Waals surface area contributed by atoms with Gasteiger partial charge in [0.25, 0.3) is 0 Å². The molecule has 2 aromatic carbocycles. The highest BCUT2D eigenvalue weighted by Gasteiger charge is 2.23. The van der Waals surface area contributed by atoms with Crippen LogP contribution in [0.3, 0.4) is 0 Å². The van der Waals surface area contributed by atoms with Gasteiger partial charge >= 0.3 is 5.97 Å². The summed E-state index contributed by atoms with van der Waals surface area (Å²) in [7, 11) is 0. The van der Waals surface area contributed by atoms with E-state index in [0.29, 0.717) is 17.2 Å². The van der Waals surface area contributed by atoms with Crippen LogP contribution in [0.4, 0.5) is 0 Å². The summed E-state index contributed by atoms with van der Waals surface area (Å²) in [6.07, 6.45) is 1.68. The van der Waals surface area contributed by atoms with Gasteiger partial charge in [-0.15, -0.1) is 0 Å². The Kier molecular flexibility index (Phi) is 4.44. The van der Waals surface area contributed by atoms with Crippen LogP contribution in [0.5, 0.6) is 5.75 Å². The zero-order chi connectivity index (χ0) is 16.2. The van der Waals surface area contributed by atoms with Crippen molar-refractivity contribution in [3.05, 3.63) is 70.4 Å². The molecule has 0 saturated carbocycles. The van der Waals surface area contributed by atoms with Gasteiger partial charge in [0.2, 0.25) is 5.90 Å². The SMILES string of the molecule is CCOc1ccc(C=C2N=C(c3ccc(Cl)cc3)OC2=O)cc1. The fourth-order valence-corrected chi connectivity index (χ4v) is 2.24. The summed E-state index contributed by atoms with van der Waals surface area (Å²) in [5, 5.41) is 0.615. The number of nitrogens with zero attached hydrogens (tertiary/aromatic N) is 1. The molecule has 0 bridgehead atoms. The van der Waals surface area contributed by atoms with Crippen LogP contribution in [-0.2, 0) is 9.53 Å². The minimum atomic E-state index is -0.469. The van der Waals surface area contributed by atoms with Crippen LogP contribution in [0.25, 0.3) is 6.08 Å². The predicted octanol–water partition coefficient (Wildman–Crippen LogP) is 4.08. The summed E-state index contributed by atoms with van der Waals surface area (Å²) in [5.74, 6) is 0.599. The van der Waals surface area contributed by atoms with E-state index in [0.717, 1.165) is 11.3 Å². The molecule has 5 heteroatoms. The summed E-state index contributed by atoms with van der Waals surface area (Å²) in [6.45, 7) is 2.54. The molecule has 0 N–H and O–H groups in total. The summed E-state index contributed by atoms with van der Waals surface area (Å²) in [5.41, 5.74) is 1.82. The molecule has 0 amide bonds. The molecule has 2 aromatic rings. The van der Waals surface area contributed by atoms with Gasteiger partial charge in [-0.05, 0) is 55.0 Å². The van der Waals surface area contributed by atoms with E-state index in [9.17, 15) is 4.79 Å². The second-order valence-corrected chi connectivity index (χ2v) is 5.28. The van der Waals surface area contributed by atoms with E-state index in [1.54, 1.807) is 30.3 Å². The first-order valence-electron chi connectivity index (χ1n) is 7.17. The quantitative estimate of drug-likeness (QED) is 0.628. The highest BCUT2D eigenvalue weighted by atomic mass is 35.5. The Balaban J connectivity index is 1.84. The van der Waals surface area contributed by atoms with Gasteiger partial charge in [-0.3, -0.25) is 0 Å². The van der Waals surface area contributed by atoms with Gasteiger partial charge in [0.1, 0.15) is 5.75 Å². The summed E-state index contributed by atoms with van der Waals surface area (Å²) in [4.78, 5) is 16.2. The Hall–Kier alpha value is -2.59. The summed E-state index contributed by atoms with van der Waals surface area (Å²) >= 11 is 5.85. The van der Waals surface area contributed by atoms with Gasteiger partial charge in [0.15, 0.2) is 5.70 Å². The van der Waals surface area contributed by atoms with Gasteiger partial charge in [-0.25, -0.2) is 9.79 Å². The van der Waals surface area contributed by atoms with Crippen LogP contribution in [-0.4, -0.2) is 18.5 Å². The number of hydrogen-bond donors (Lipinski definition) is 0. The van der Waals surface area contributed by atoms with Crippen molar-refractivity contribution >= 4 is 29.5 Å². The van der Waals surface area contributed by atoms with E-state index in [1.807, 2.05) is 31.2 Å². The van der Waals surface area contributed by atoms with Crippen LogP contribution < -0.4 is 4.74 Å². The Labute approximate surface area is 139 Å². The molecule has 0 saturated heterocycles. The largest absolute Gasteiger partial charge is 0.494 e. The predicted molar refractivity (Wildman–Crippen MR) is 89.7 cm³/mol. The van der Waals surface area contributed by atoms with Crippen LogP contribution in [0.15, 0.2) is 59.2 Å². The van der Waals surface area contributed by atoms with Crippen LogP contribution in [0, 0.1) is 0 Å². The second kappa shape index (κ2) is 6.67. The van der Waals surface area contributed by atoms with E-state index < -0.39 is 5.97 Å². The maximum absolute atomic E-state index is 11.9. The number of halogens is 1. The monoisotopic (exact) mass is 327 g/mol. The maximum Gasteiger partial charge on any atom is 0.363 e. The Morgan fingerprint density at radius 1 is 1.13 bits per heavy atom. The third-order valence-electron chi connectivity index (χ3n) is 3.21. The molecule has 0 spiro atoms. The molecule has 0 radical (unpaired) electrons. The minimum Gasteiger partial charge on any atom is -0.494 e. The lowest BCUT2D eigenvalue weighted by molar-refractivity contribution is -0.129. The van der Waals surface area contributed by atoms with Gasteiger partial charge < -0.3 is 9.47 Å². The highest BCUT2D eigenvalue weighted by Crippen LogP contribution is 2.21. The highest BCUT2D eigenvalue weighted by molar-refractivity contribution is 6.30. The number of benzene rings is 2. The maximum atomic E-state index is 11.9. The van der Waals surface area contributed by atoms with E-state index in [2.05, 4.69) is 4.99 Å². The van der Waals surface area contributed by atoms with Crippen molar-refractivity contribution in [1.82, 2.24) is 0 Å². The third-order valence-corrected chi connectivity index (χ3v) is 3.46. The number of cyclic esters (lactones) is 1. The number of hydrogen-bond acceptors (Lipinski definition) is 4. The lowest BCUT2D eigenvalue weighted by atomic mass is 10.2. The van der Waals surface area contributed by atoms with E-state index in [-0.39, 0.29) is 11.6 Å². The molecule has 1 aliphatic heterocycles. The van der Waals surface area contributed by atoms with Gasteiger partial charge in [-0.2, -0.15) is 0 Å². The van der Waals surface area contributed by atoms with Crippen LogP contribution >= 0.6 is 11.6 Å². The topological polar surface area (TPSA) is 47.9 Å². The van der Waals surface area contributed by atoms with Crippen molar-refractivity contribution in [2.24, 2.45) is 4.99 Å². The van der Waals surface area contributed by atoms with Crippen molar-refractivity contribution in [3.63, 3.8) is 0 Å². The standard InChI is InChI=1S/C18H14ClNO3/c1-2-22-15-9-3-12(4-10-15)11-16-18(21)23-17(20-16)13-5-7-14(19)8-6-13/h3-11H,2H2,1H3. The molecule has 116 valence electrons. The van der Waals surface area contributed by atoms with E-state index in [4.69, 9.17) is 21.1 Å². The Morgan fingerprint density at radius 3 is 2.48 bits per heavy atom. The van der Waals surface area contributed by atoms with Gasteiger partial charge in [0.05, 0.1) is 6.61 Å². The van der Waals surface area contributed by atoms with Crippen LogP contribution in [0.2, 0.25) is 5.02 Å².